The minimum Gasteiger partial charge on any atom is -0.361 e. The number of aromatic amines is 1. The van der Waals surface area contributed by atoms with E-state index in [0.29, 0.717) is 17.5 Å². The van der Waals surface area contributed by atoms with Crippen LogP contribution >= 0.6 is 11.3 Å². The van der Waals surface area contributed by atoms with Crippen LogP contribution in [0.25, 0.3) is 39.0 Å². The minimum atomic E-state index is -2.85. The molecular weight excluding hydrogens is 490 g/mol. The van der Waals surface area contributed by atoms with E-state index in [1.54, 1.807) is 11.3 Å². The van der Waals surface area contributed by atoms with Crippen LogP contribution in [0.3, 0.4) is 0 Å². The Hall–Kier alpha value is -3.01. The number of H-pyrrole nitrogens is 1. The third-order valence-electron chi connectivity index (χ3n) is 7.47. The van der Waals surface area contributed by atoms with Crippen molar-refractivity contribution in [3.8, 4) is 17.1 Å². The van der Waals surface area contributed by atoms with E-state index in [9.17, 15) is 8.42 Å². The van der Waals surface area contributed by atoms with E-state index < -0.39 is 9.84 Å². The monoisotopic (exact) mass is 519 g/mol. The Morgan fingerprint density at radius 2 is 2.00 bits per heavy atom. The first kappa shape index (κ1) is 23.4. The molecule has 5 heterocycles. The molecular formula is C27H29N5O2S2. The van der Waals surface area contributed by atoms with Gasteiger partial charge in [-0.3, -0.25) is 4.57 Å². The van der Waals surface area contributed by atoms with Crippen molar-refractivity contribution >= 4 is 43.1 Å². The molecule has 1 aliphatic heterocycles. The zero-order chi connectivity index (χ0) is 24.9. The highest BCUT2D eigenvalue weighted by molar-refractivity contribution is 7.91. The molecule has 7 nitrogen and oxygen atoms in total. The molecule has 186 valence electrons. The first-order valence-electron chi connectivity index (χ1n) is 12.3. The van der Waals surface area contributed by atoms with Crippen LogP contribution in [-0.2, 0) is 16.3 Å². The van der Waals surface area contributed by atoms with Gasteiger partial charge in [0.05, 0.1) is 22.7 Å². The van der Waals surface area contributed by atoms with Gasteiger partial charge in [-0.15, -0.1) is 11.3 Å². The molecule has 36 heavy (non-hydrogen) atoms. The van der Waals surface area contributed by atoms with E-state index in [-0.39, 0.29) is 0 Å². The van der Waals surface area contributed by atoms with Gasteiger partial charge in [-0.2, -0.15) is 0 Å². The fourth-order valence-electron chi connectivity index (χ4n) is 5.25. The van der Waals surface area contributed by atoms with Gasteiger partial charge in [-0.05, 0) is 68.6 Å². The number of likely N-dealkylation sites (N-methyl/N-ethyl adjacent to an activating group) is 1. The number of fused-ring (bicyclic) bond motifs is 2. The van der Waals surface area contributed by atoms with E-state index in [1.165, 1.54) is 16.5 Å². The highest BCUT2D eigenvalue weighted by Crippen LogP contribution is 2.30. The number of aryl methyl sites for hydroxylation is 1. The molecule has 1 fully saturated rings. The number of pyridine rings is 1. The summed E-state index contributed by atoms with van der Waals surface area (Å²) in [6.07, 6.45) is 6.50. The molecule has 1 aromatic carbocycles. The molecule has 5 aromatic rings. The van der Waals surface area contributed by atoms with E-state index in [1.807, 2.05) is 17.1 Å². The lowest BCUT2D eigenvalue weighted by Gasteiger charge is -2.31. The Balaban J connectivity index is 1.32. The molecule has 1 N–H and O–H groups in total. The van der Waals surface area contributed by atoms with E-state index in [0.717, 1.165) is 59.4 Å². The topological polar surface area (TPSA) is 83.9 Å². The molecule has 9 heteroatoms. The van der Waals surface area contributed by atoms with Gasteiger partial charge >= 0.3 is 0 Å². The number of hydrogen-bond acceptors (Lipinski definition) is 6. The molecule has 0 aliphatic carbocycles. The third-order valence-corrected chi connectivity index (χ3v) is 9.76. The smallest absolute Gasteiger partial charge is 0.150 e. The van der Waals surface area contributed by atoms with Gasteiger partial charge in [0.1, 0.15) is 21.3 Å². The summed E-state index contributed by atoms with van der Waals surface area (Å²) < 4.78 is 25.7. The Kier molecular flexibility index (Phi) is 5.94. The molecule has 1 aliphatic rings. The standard InChI is InChI=1S/C27H29N5O2S2/c1-18-14-28-25-5-3-19(13-23(18)25)24-6-4-22-20(15-32(27(22)30-24)26-16-35-17-29-26)7-10-31(2)21-8-11-36(33,34)12-9-21/h3-6,13-17,21,28H,7-12H2,1-2H3. The number of sulfone groups is 1. The van der Waals surface area contributed by atoms with Gasteiger partial charge in [-0.1, -0.05) is 6.07 Å². The lowest BCUT2D eigenvalue weighted by Crippen LogP contribution is -2.39. The maximum Gasteiger partial charge on any atom is 0.150 e. The van der Waals surface area contributed by atoms with Crippen molar-refractivity contribution < 1.29 is 8.42 Å². The highest BCUT2D eigenvalue weighted by Gasteiger charge is 2.26. The second-order valence-electron chi connectivity index (χ2n) is 9.78. The summed E-state index contributed by atoms with van der Waals surface area (Å²) in [6, 6.07) is 11.0. The summed E-state index contributed by atoms with van der Waals surface area (Å²) in [4.78, 5) is 15.3. The van der Waals surface area contributed by atoms with E-state index in [2.05, 4.69) is 69.9 Å². The first-order chi connectivity index (χ1) is 17.4. The Morgan fingerprint density at radius 1 is 1.17 bits per heavy atom. The molecule has 0 saturated carbocycles. The maximum atomic E-state index is 11.8. The van der Waals surface area contributed by atoms with Gasteiger partial charge in [0.15, 0.2) is 0 Å². The van der Waals surface area contributed by atoms with E-state index in [4.69, 9.17) is 4.98 Å². The Morgan fingerprint density at radius 3 is 2.78 bits per heavy atom. The van der Waals surface area contributed by atoms with Crippen molar-refractivity contribution in [2.75, 3.05) is 25.1 Å². The number of nitrogens with one attached hydrogen (secondary N) is 1. The Labute approximate surface area is 214 Å². The normalized spacial score (nSPS) is 16.4. The van der Waals surface area contributed by atoms with Crippen molar-refractivity contribution in [1.29, 1.82) is 0 Å². The van der Waals surface area contributed by atoms with E-state index >= 15 is 0 Å². The van der Waals surface area contributed by atoms with Crippen LogP contribution in [0.1, 0.15) is 24.0 Å². The fraction of sp³-hybridized carbons (Fsp3) is 0.333. The number of hydrogen-bond donors (Lipinski definition) is 1. The lowest BCUT2D eigenvalue weighted by atomic mass is 10.1. The van der Waals surface area contributed by atoms with Crippen molar-refractivity contribution in [2.45, 2.75) is 32.2 Å². The average molecular weight is 520 g/mol. The van der Waals surface area contributed by atoms with Crippen LogP contribution in [0, 0.1) is 6.92 Å². The zero-order valence-corrected chi connectivity index (χ0v) is 22.1. The van der Waals surface area contributed by atoms with Crippen molar-refractivity contribution in [3.05, 3.63) is 64.7 Å². The lowest BCUT2D eigenvalue weighted by molar-refractivity contribution is 0.229. The van der Waals surface area contributed by atoms with Crippen LogP contribution in [0.15, 0.2) is 53.6 Å². The zero-order valence-electron chi connectivity index (χ0n) is 20.4. The molecule has 0 atom stereocenters. The third kappa shape index (κ3) is 4.36. The van der Waals surface area contributed by atoms with Gasteiger partial charge < -0.3 is 9.88 Å². The number of rotatable bonds is 6. The van der Waals surface area contributed by atoms with Crippen LogP contribution < -0.4 is 0 Å². The minimum absolute atomic E-state index is 0.298. The SMILES string of the molecule is Cc1c[nH]c2ccc(-c3ccc4c(CCN(C)C5CCS(=O)(=O)CC5)cn(-c5cscn5)c4n3)cc12. The van der Waals surface area contributed by atoms with Crippen LogP contribution in [0.5, 0.6) is 0 Å². The number of benzene rings is 1. The molecule has 6 rings (SSSR count). The molecule has 4 aromatic heterocycles. The Bertz CT molecular complexity index is 1640. The number of thiazole rings is 1. The van der Waals surface area contributed by atoms with Crippen molar-refractivity contribution in [2.24, 2.45) is 0 Å². The fourth-order valence-corrected chi connectivity index (χ4v) is 7.24. The number of nitrogens with zero attached hydrogens (tertiary/aromatic N) is 4. The molecule has 0 amide bonds. The van der Waals surface area contributed by atoms with Crippen LogP contribution in [-0.4, -0.2) is 64.0 Å². The van der Waals surface area contributed by atoms with Gasteiger partial charge in [0.25, 0.3) is 0 Å². The average Bonchev–Trinajstić information content (AvgIpc) is 3.61. The van der Waals surface area contributed by atoms with Crippen molar-refractivity contribution in [1.82, 2.24) is 24.4 Å². The van der Waals surface area contributed by atoms with Crippen molar-refractivity contribution in [3.63, 3.8) is 0 Å². The molecule has 0 bridgehead atoms. The van der Waals surface area contributed by atoms with Gasteiger partial charge in [0.2, 0.25) is 0 Å². The summed E-state index contributed by atoms with van der Waals surface area (Å²) in [7, 11) is -0.742. The predicted molar refractivity (Wildman–Crippen MR) is 147 cm³/mol. The largest absolute Gasteiger partial charge is 0.361 e. The summed E-state index contributed by atoms with van der Waals surface area (Å²) >= 11 is 1.57. The molecule has 1 saturated heterocycles. The van der Waals surface area contributed by atoms with Gasteiger partial charge in [0, 0.05) is 52.2 Å². The summed E-state index contributed by atoms with van der Waals surface area (Å²) in [5.41, 5.74) is 8.36. The first-order valence-corrected chi connectivity index (χ1v) is 15.0. The summed E-state index contributed by atoms with van der Waals surface area (Å²) in [5, 5.41) is 4.38. The quantitative estimate of drug-likeness (QED) is 0.342. The maximum absolute atomic E-state index is 11.8. The van der Waals surface area contributed by atoms with Gasteiger partial charge in [-0.25, -0.2) is 18.4 Å². The summed E-state index contributed by atoms with van der Waals surface area (Å²) in [5.74, 6) is 1.47. The molecule has 0 radical (unpaired) electrons. The van der Waals surface area contributed by atoms with Crippen LogP contribution in [0.4, 0.5) is 0 Å². The summed E-state index contributed by atoms with van der Waals surface area (Å²) in [6.45, 7) is 2.98. The number of aromatic nitrogens is 4. The second-order valence-corrected chi connectivity index (χ2v) is 12.8. The molecule has 0 spiro atoms. The predicted octanol–water partition coefficient (Wildman–Crippen LogP) is 4.99. The highest BCUT2D eigenvalue weighted by atomic mass is 32.2. The second kappa shape index (κ2) is 9.14. The van der Waals surface area contributed by atoms with Crippen LogP contribution in [0.2, 0.25) is 0 Å². The molecule has 0 unspecified atom stereocenters.